The van der Waals surface area contributed by atoms with E-state index in [1.54, 1.807) is 7.11 Å². The maximum Gasteiger partial charge on any atom is 0.271 e. The number of hydrogen-bond donors (Lipinski definition) is 0. The van der Waals surface area contributed by atoms with Crippen molar-refractivity contribution in [3.05, 3.63) is 69.7 Å². The van der Waals surface area contributed by atoms with Gasteiger partial charge in [-0.15, -0.1) is 10.2 Å². The molecule has 0 atom stereocenters. The highest BCUT2D eigenvalue weighted by atomic mass is 35.5. The van der Waals surface area contributed by atoms with E-state index in [1.807, 2.05) is 36.4 Å². The van der Waals surface area contributed by atoms with Crippen LogP contribution in [0, 0.1) is 10.1 Å². The molecule has 0 N–H and O–H groups in total. The van der Waals surface area contributed by atoms with Gasteiger partial charge in [0.05, 0.1) is 16.6 Å². The van der Waals surface area contributed by atoms with Gasteiger partial charge in [-0.25, -0.2) is 0 Å². The van der Waals surface area contributed by atoms with Crippen molar-refractivity contribution in [1.82, 2.24) is 0 Å². The highest BCUT2D eigenvalue weighted by Gasteiger charge is 2.11. The molecule has 0 saturated carbocycles. The molecule has 0 aromatic heterocycles. The number of rotatable bonds is 8. The minimum atomic E-state index is -0.510. The number of nitro benzene ring substituents is 1. The SMILES string of the molecule is COCCCOc1ccc2ccccc2c1N=Nc1ccc([N+](=O)[O-])cc1Cl. The fourth-order valence-electron chi connectivity index (χ4n) is 2.63. The number of ether oxygens (including phenoxy) is 2. The maximum atomic E-state index is 10.8. The molecule has 0 unspecified atom stereocenters. The van der Waals surface area contributed by atoms with Gasteiger partial charge in [-0.3, -0.25) is 10.1 Å². The first-order valence-corrected chi connectivity index (χ1v) is 8.97. The average molecular weight is 400 g/mol. The first-order chi connectivity index (χ1) is 13.6. The average Bonchev–Trinajstić information content (AvgIpc) is 2.70. The summed E-state index contributed by atoms with van der Waals surface area (Å²) in [5, 5.41) is 21.4. The van der Waals surface area contributed by atoms with Gasteiger partial charge in [0.2, 0.25) is 0 Å². The molecule has 0 saturated heterocycles. The zero-order valence-electron chi connectivity index (χ0n) is 15.2. The Labute approximate surface area is 166 Å². The van der Waals surface area contributed by atoms with E-state index >= 15 is 0 Å². The Bertz CT molecular complexity index is 1020. The van der Waals surface area contributed by atoms with Gasteiger partial charge in [0.15, 0.2) is 0 Å². The summed E-state index contributed by atoms with van der Waals surface area (Å²) in [5.41, 5.74) is 0.812. The van der Waals surface area contributed by atoms with Crippen LogP contribution in [0.1, 0.15) is 6.42 Å². The summed E-state index contributed by atoms with van der Waals surface area (Å²) in [6, 6.07) is 15.6. The first kappa shape index (κ1) is 19.7. The molecule has 3 aromatic rings. The minimum absolute atomic E-state index is 0.101. The third-order valence-electron chi connectivity index (χ3n) is 4.01. The van der Waals surface area contributed by atoms with Gasteiger partial charge in [0, 0.05) is 37.7 Å². The minimum Gasteiger partial charge on any atom is -0.491 e. The van der Waals surface area contributed by atoms with Crippen LogP contribution in [0.4, 0.5) is 17.1 Å². The van der Waals surface area contributed by atoms with E-state index in [4.69, 9.17) is 21.1 Å². The Balaban J connectivity index is 1.95. The fraction of sp³-hybridized carbons (Fsp3) is 0.200. The zero-order valence-corrected chi connectivity index (χ0v) is 15.9. The lowest BCUT2D eigenvalue weighted by Crippen LogP contribution is -2.01. The van der Waals surface area contributed by atoms with Crippen LogP contribution in [0.15, 0.2) is 64.8 Å². The third-order valence-corrected chi connectivity index (χ3v) is 4.32. The monoisotopic (exact) mass is 399 g/mol. The summed E-state index contributed by atoms with van der Waals surface area (Å²) in [4.78, 5) is 10.3. The molecule has 0 aliphatic heterocycles. The molecular weight excluding hydrogens is 382 g/mol. The number of benzene rings is 3. The summed E-state index contributed by atoms with van der Waals surface area (Å²) < 4.78 is 10.9. The Morgan fingerprint density at radius 3 is 2.64 bits per heavy atom. The maximum absolute atomic E-state index is 10.8. The zero-order chi connectivity index (χ0) is 19.9. The molecule has 7 nitrogen and oxygen atoms in total. The molecule has 3 rings (SSSR count). The van der Waals surface area contributed by atoms with Crippen LogP contribution in [0.5, 0.6) is 5.75 Å². The molecule has 0 radical (unpaired) electrons. The van der Waals surface area contributed by atoms with E-state index in [0.717, 1.165) is 17.2 Å². The van der Waals surface area contributed by atoms with E-state index in [-0.39, 0.29) is 10.7 Å². The molecule has 0 fully saturated rings. The van der Waals surface area contributed by atoms with Gasteiger partial charge in [-0.05, 0) is 17.5 Å². The summed E-state index contributed by atoms with van der Waals surface area (Å²) in [5.74, 6) is 0.594. The van der Waals surface area contributed by atoms with Crippen molar-refractivity contribution in [2.24, 2.45) is 10.2 Å². The molecule has 8 heteroatoms. The predicted molar refractivity (Wildman–Crippen MR) is 108 cm³/mol. The normalized spacial score (nSPS) is 11.2. The summed E-state index contributed by atoms with van der Waals surface area (Å²) in [6.07, 6.45) is 0.744. The number of hydrogen-bond acceptors (Lipinski definition) is 6. The van der Waals surface area contributed by atoms with Gasteiger partial charge in [-0.1, -0.05) is 41.9 Å². The lowest BCUT2D eigenvalue weighted by molar-refractivity contribution is -0.384. The molecule has 3 aromatic carbocycles. The van der Waals surface area contributed by atoms with Gasteiger partial charge < -0.3 is 9.47 Å². The van der Waals surface area contributed by atoms with Crippen molar-refractivity contribution in [1.29, 1.82) is 0 Å². The van der Waals surface area contributed by atoms with Gasteiger partial charge in [0.25, 0.3) is 5.69 Å². The summed E-state index contributed by atoms with van der Waals surface area (Å²) in [6.45, 7) is 1.08. The molecule has 0 aliphatic carbocycles. The standard InChI is InChI=1S/C20H18ClN3O4/c1-27-11-4-12-28-19-10-7-14-5-2-3-6-16(14)20(19)23-22-18-9-8-15(24(25)26)13-17(18)21/h2-3,5-10,13H,4,11-12H2,1H3. The Hall–Kier alpha value is -3.03. The van der Waals surface area contributed by atoms with E-state index in [2.05, 4.69) is 10.2 Å². The molecule has 28 heavy (non-hydrogen) atoms. The predicted octanol–water partition coefficient (Wildman–Crippen LogP) is 6.23. The largest absolute Gasteiger partial charge is 0.491 e. The molecule has 0 amide bonds. The third kappa shape index (κ3) is 4.62. The number of methoxy groups -OCH3 is 1. The molecule has 0 heterocycles. The lowest BCUT2D eigenvalue weighted by atomic mass is 10.1. The molecular formula is C20H18ClN3O4. The number of nitro groups is 1. The highest BCUT2D eigenvalue weighted by molar-refractivity contribution is 6.33. The molecule has 0 spiro atoms. The van der Waals surface area contributed by atoms with Crippen LogP contribution in [-0.4, -0.2) is 25.2 Å². The van der Waals surface area contributed by atoms with Crippen LogP contribution in [0.2, 0.25) is 5.02 Å². The second kappa shape index (κ2) is 9.25. The van der Waals surface area contributed by atoms with Crippen LogP contribution < -0.4 is 4.74 Å². The number of fused-ring (bicyclic) bond motifs is 1. The Morgan fingerprint density at radius 2 is 1.89 bits per heavy atom. The second-order valence-corrected chi connectivity index (χ2v) is 6.33. The van der Waals surface area contributed by atoms with Gasteiger partial charge in [0.1, 0.15) is 17.1 Å². The van der Waals surface area contributed by atoms with E-state index in [9.17, 15) is 10.1 Å². The van der Waals surface area contributed by atoms with Crippen molar-refractivity contribution in [3.8, 4) is 5.75 Å². The van der Waals surface area contributed by atoms with E-state index in [1.165, 1.54) is 18.2 Å². The van der Waals surface area contributed by atoms with Crippen molar-refractivity contribution < 1.29 is 14.4 Å². The Morgan fingerprint density at radius 1 is 1.07 bits per heavy atom. The van der Waals surface area contributed by atoms with E-state index < -0.39 is 4.92 Å². The van der Waals surface area contributed by atoms with Gasteiger partial charge in [-0.2, -0.15) is 0 Å². The first-order valence-electron chi connectivity index (χ1n) is 8.59. The van der Waals surface area contributed by atoms with Crippen molar-refractivity contribution in [2.75, 3.05) is 20.3 Å². The molecule has 144 valence electrons. The highest BCUT2D eigenvalue weighted by Crippen LogP contribution is 2.38. The number of nitrogens with zero attached hydrogens (tertiary/aromatic N) is 3. The fourth-order valence-corrected chi connectivity index (χ4v) is 2.85. The quantitative estimate of drug-likeness (QED) is 0.194. The number of non-ortho nitro benzene ring substituents is 1. The topological polar surface area (TPSA) is 86.3 Å². The van der Waals surface area contributed by atoms with Crippen molar-refractivity contribution in [2.45, 2.75) is 6.42 Å². The van der Waals surface area contributed by atoms with Crippen LogP contribution >= 0.6 is 11.6 Å². The summed E-state index contributed by atoms with van der Waals surface area (Å²) in [7, 11) is 1.64. The van der Waals surface area contributed by atoms with E-state index in [0.29, 0.717) is 30.3 Å². The lowest BCUT2D eigenvalue weighted by Gasteiger charge is -2.10. The molecule has 0 bridgehead atoms. The van der Waals surface area contributed by atoms with Crippen LogP contribution in [-0.2, 0) is 4.74 Å². The van der Waals surface area contributed by atoms with Crippen LogP contribution in [0.3, 0.4) is 0 Å². The van der Waals surface area contributed by atoms with Crippen molar-refractivity contribution >= 4 is 39.4 Å². The van der Waals surface area contributed by atoms with Gasteiger partial charge >= 0.3 is 0 Å². The number of azo groups is 1. The molecule has 0 aliphatic rings. The number of halogens is 1. The Kier molecular flexibility index (Phi) is 6.52. The smallest absolute Gasteiger partial charge is 0.271 e. The second-order valence-electron chi connectivity index (χ2n) is 5.92. The summed E-state index contributed by atoms with van der Waals surface area (Å²) >= 11 is 6.11. The van der Waals surface area contributed by atoms with Crippen LogP contribution in [0.25, 0.3) is 10.8 Å². The van der Waals surface area contributed by atoms with Crippen molar-refractivity contribution in [3.63, 3.8) is 0 Å².